The van der Waals surface area contributed by atoms with Crippen LogP contribution < -0.4 is 5.32 Å². The van der Waals surface area contributed by atoms with Crippen LogP contribution in [0.1, 0.15) is 66.2 Å². The molecule has 0 aromatic rings. The van der Waals surface area contributed by atoms with Crippen LogP contribution in [-0.4, -0.2) is 47.3 Å². The number of rotatable bonds is 11. The predicted octanol–water partition coefficient (Wildman–Crippen LogP) is 2.78. The summed E-state index contributed by atoms with van der Waals surface area (Å²) >= 11 is 0. The molecule has 1 aliphatic carbocycles. The molecule has 0 aromatic heterocycles. The molecular weight excluding hydrogens is 236 g/mol. The maximum Gasteiger partial charge on any atom is 0.0613 e. The van der Waals surface area contributed by atoms with E-state index in [1.165, 1.54) is 32.2 Å². The maximum absolute atomic E-state index is 9.75. The molecule has 0 radical (unpaired) electrons. The first-order chi connectivity index (χ1) is 9.06. The molecule has 1 atom stereocenters. The molecule has 114 valence electrons. The molecule has 19 heavy (non-hydrogen) atoms. The van der Waals surface area contributed by atoms with Gasteiger partial charge in [-0.25, -0.2) is 0 Å². The van der Waals surface area contributed by atoms with Crippen LogP contribution in [0.15, 0.2) is 0 Å². The first-order valence-electron chi connectivity index (χ1n) is 8.19. The van der Waals surface area contributed by atoms with Crippen LogP contribution >= 0.6 is 0 Å². The topological polar surface area (TPSA) is 35.5 Å². The number of hydrogen-bond acceptors (Lipinski definition) is 3. The van der Waals surface area contributed by atoms with Crippen molar-refractivity contribution >= 4 is 0 Å². The van der Waals surface area contributed by atoms with Crippen molar-refractivity contribution < 1.29 is 5.11 Å². The molecule has 1 aliphatic rings. The largest absolute Gasteiger partial charge is 0.394 e. The lowest BCUT2D eigenvalue weighted by atomic mass is 9.90. The van der Waals surface area contributed by atoms with Gasteiger partial charge in [0.1, 0.15) is 0 Å². The third kappa shape index (κ3) is 5.80. The molecule has 2 N–H and O–H groups in total. The SMILES string of the molecule is CCCN(CCCC(CC)(CO)NC1CC1)C(C)C. The van der Waals surface area contributed by atoms with E-state index in [9.17, 15) is 5.11 Å². The Morgan fingerprint density at radius 3 is 2.37 bits per heavy atom. The summed E-state index contributed by atoms with van der Waals surface area (Å²) in [6.45, 7) is 11.6. The van der Waals surface area contributed by atoms with E-state index in [4.69, 9.17) is 0 Å². The Morgan fingerprint density at radius 1 is 1.26 bits per heavy atom. The van der Waals surface area contributed by atoms with Crippen LogP contribution in [0.3, 0.4) is 0 Å². The molecule has 0 spiro atoms. The van der Waals surface area contributed by atoms with Crippen LogP contribution in [0.5, 0.6) is 0 Å². The minimum Gasteiger partial charge on any atom is -0.394 e. The molecule has 1 unspecified atom stereocenters. The van der Waals surface area contributed by atoms with Crippen molar-refractivity contribution in [1.29, 1.82) is 0 Å². The molecule has 3 heteroatoms. The summed E-state index contributed by atoms with van der Waals surface area (Å²) in [5, 5.41) is 13.4. The zero-order chi connectivity index (χ0) is 14.3. The van der Waals surface area contributed by atoms with Gasteiger partial charge in [-0.2, -0.15) is 0 Å². The van der Waals surface area contributed by atoms with Crippen LogP contribution in [0.2, 0.25) is 0 Å². The van der Waals surface area contributed by atoms with Crippen molar-refractivity contribution in [3.8, 4) is 0 Å². The second-order valence-electron chi connectivity index (χ2n) is 6.44. The normalized spacial score (nSPS) is 19.1. The lowest BCUT2D eigenvalue weighted by Crippen LogP contribution is -2.49. The summed E-state index contributed by atoms with van der Waals surface area (Å²) in [5.41, 5.74) is -0.0317. The van der Waals surface area contributed by atoms with E-state index in [-0.39, 0.29) is 12.1 Å². The van der Waals surface area contributed by atoms with Gasteiger partial charge in [-0.3, -0.25) is 0 Å². The van der Waals surface area contributed by atoms with Gasteiger partial charge in [0, 0.05) is 17.6 Å². The predicted molar refractivity (Wildman–Crippen MR) is 82.5 cm³/mol. The van der Waals surface area contributed by atoms with E-state index < -0.39 is 0 Å². The standard InChI is InChI=1S/C16H34N2O/c1-5-11-18(14(3)4)12-7-10-16(6-2,13-19)17-15-8-9-15/h14-15,17,19H,5-13H2,1-4H3. The highest BCUT2D eigenvalue weighted by atomic mass is 16.3. The molecule has 0 aromatic carbocycles. The van der Waals surface area contributed by atoms with Gasteiger partial charge in [-0.1, -0.05) is 13.8 Å². The van der Waals surface area contributed by atoms with E-state index >= 15 is 0 Å². The van der Waals surface area contributed by atoms with Crippen molar-refractivity contribution in [1.82, 2.24) is 10.2 Å². The van der Waals surface area contributed by atoms with Gasteiger partial charge >= 0.3 is 0 Å². The van der Waals surface area contributed by atoms with Gasteiger partial charge in [0.25, 0.3) is 0 Å². The lowest BCUT2D eigenvalue weighted by molar-refractivity contribution is 0.132. The Kier molecular flexibility index (Phi) is 7.33. The quantitative estimate of drug-likeness (QED) is 0.606. The Bertz CT molecular complexity index is 235. The Labute approximate surface area is 119 Å². The number of hydrogen-bond donors (Lipinski definition) is 2. The van der Waals surface area contributed by atoms with Gasteiger partial charge < -0.3 is 15.3 Å². The minimum atomic E-state index is -0.0317. The molecule has 0 aliphatic heterocycles. The second-order valence-corrected chi connectivity index (χ2v) is 6.44. The van der Waals surface area contributed by atoms with Gasteiger partial charge in [-0.15, -0.1) is 0 Å². The highest BCUT2D eigenvalue weighted by Gasteiger charge is 2.34. The second kappa shape index (κ2) is 8.23. The summed E-state index contributed by atoms with van der Waals surface area (Å²) in [5.74, 6) is 0. The minimum absolute atomic E-state index is 0.0317. The van der Waals surface area contributed by atoms with Gasteiger partial charge in [-0.05, 0) is 65.5 Å². The van der Waals surface area contributed by atoms with Crippen molar-refractivity contribution in [2.75, 3.05) is 19.7 Å². The molecular formula is C16H34N2O. The molecule has 0 bridgehead atoms. The number of nitrogens with zero attached hydrogens (tertiary/aromatic N) is 1. The van der Waals surface area contributed by atoms with E-state index in [2.05, 4.69) is 37.9 Å². The summed E-state index contributed by atoms with van der Waals surface area (Å²) in [6, 6.07) is 1.30. The molecule has 3 nitrogen and oxygen atoms in total. The van der Waals surface area contributed by atoms with E-state index in [0.29, 0.717) is 12.1 Å². The van der Waals surface area contributed by atoms with Crippen molar-refractivity contribution in [2.45, 2.75) is 83.8 Å². The van der Waals surface area contributed by atoms with Crippen molar-refractivity contribution in [2.24, 2.45) is 0 Å². The highest BCUT2D eigenvalue weighted by molar-refractivity contribution is 4.94. The average molecular weight is 270 g/mol. The van der Waals surface area contributed by atoms with E-state index in [1.54, 1.807) is 0 Å². The summed E-state index contributed by atoms with van der Waals surface area (Å²) < 4.78 is 0. The van der Waals surface area contributed by atoms with Crippen LogP contribution in [0.25, 0.3) is 0 Å². The summed E-state index contributed by atoms with van der Waals surface area (Å²) in [6.07, 6.45) is 7.08. The fraction of sp³-hybridized carbons (Fsp3) is 1.00. The number of nitrogens with one attached hydrogen (secondary N) is 1. The molecule has 0 saturated heterocycles. The van der Waals surface area contributed by atoms with Gasteiger partial charge in [0.2, 0.25) is 0 Å². The molecule has 0 heterocycles. The van der Waals surface area contributed by atoms with Crippen LogP contribution in [-0.2, 0) is 0 Å². The fourth-order valence-corrected chi connectivity index (χ4v) is 2.78. The molecule has 1 fully saturated rings. The Hall–Kier alpha value is -0.120. The molecule has 1 rings (SSSR count). The third-order valence-electron chi connectivity index (χ3n) is 4.41. The smallest absolute Gasteiger partial charge is 0.0613 e. The number of aliphatic hydroxyl groups is 1. The first-order valence-corrected chi connectivity index (χ1v) is 8.19. The maximum atomic E-state index is 9.75. The van der Waals surface area contributed by atoms with Crippen molar-refractivity contribution in [3.05, 3.63) is 0 Å². The van der Waals surface area contributed by atoms with Gasteiger partial charge in [0.05, 0.1) is 6.61 Å². The fourth-order valence-electron chi connectivity index (χ4n) is 2.78. The van der Waals surface area contributed by atoms with Crippen LogP contribution in [0, 0.1) is 0 Å². The van der Waals surface area contributed by atoms with Crippen LogP contribution in [0.4, 0.5) is 0 Å². The summed E-state index contributed by atoms with van der Waals surface area (Å²) in [4.78, 5) is 2.55. The first kappa shape index (κ1) is 16.9. The average Bonchev–Trinajstić information content (AvgIpc) is 3.20. The lowest BCUT2D eigenvalue weighted by Gasteiger charge is -2.34. The number of aliphatic hydroxyl groups excluding tert-OH is 1. The highest BCUT2D eigenvalue weighted by Crippen LogP contribution is 2.27. The summed E-state index contributed by atoms with van der Waals surface area (Å²) in [7, 11) is 0. The van der Waals surface area contributed by atoms with Crippen molar-refractivity contribution in [3.63, 3.8) is 0 Å². The zero-order valence-electron chi connectivity index (χ0n) is 13.4. The Balaban J connectivity index is 2.37. The van der Waals surface area contributed by atoms with E-state index in [0.717, 1.165) is 19.4 Å². The van der Waals surface area contributed by atoms with E-state index in [1.807, 2.05) is 0 Å². The monoisotopic (exact) mass is 270 g/mol. The molecule has 0 amide bonds. The molecule has 1 saturated carbocycles. The zero-order valence-corrected chi connectivity index (χ0v) is 13.4. The Morgan fingerprint density at radius 2 is 1.95 bits per heavy atom. The third-order valence-corrected chi connectivity index (χ3v) is 4.41. The van der Waals surface area contributed by atoms with Gasteiger partial charge in [0.15, 0.2) is 0 Å².